The van der Waals surface area contributed by atoms with Gasteiger partial charge in [-0.3, -0.25) is 14.5 Å². The van der Waals surface area contributed by atoms with E-state index in [1.54, 1.807) is 6.92 Å². The monoisotopic (exact) mass is 257 g/mol. The minimum absolute atomic E-state index is 0.0324. The lowest BCUT2D eigenvalue weighted by molar-refractivity contribution is -0.137. The molecule has 1 aliphatic rings. The van der Waals surface area contributed by atoms with E-state index in [4.69, 9.17) is 5.11 Å². The molecule has 2 N–H and O–H groups in total. The van der Waals surface area contributed by atoms with Gasteiger partial charge in [0.25, 0.3) is 0 Å². The second-order valence-corrected chi connectivity index (χ2v) is 4.78. The molecular weight excluding hydrogens is 234 g/mol. The molecule has 1 heterocycles. The molecule has 0 aromatic rings. The zero-order chi connectivity index (χ0) is 13.5. The molecule has 18 heavy (non-hydrogen) atoms. The van der Waals surface area contributed by atoms with Crippen LogP contribution in [0.15, 0.2) is 0 Å². The predicted octanol–water partition coefficient (Wildman–Crippen LogP) is -0.397. The van der Waals surface area contributed by atoms with Crippen LogP contribution in [-0.4, -0.2) is 72.1 Å². The van der Waals surface area contributed by atoms with Gasteiger partial charge in [0.15, 0.2) is 0 Å². The molecule has 6 heteroatoms. The lowest BCUT2D eigenvalue weighted by atomic mass is 10.2. The Hall–Kier alpha value is -1.14. The third kappa shape index (κ3) is 5.46. The number of nitrogens with one attached hydrogen (secondary N) is 1. The molecule has 0 aromatic carbocycles. The molecule has 1 fully saturated rings. The number of hydrogen-bond donors (Lipinski definition) is 2. The number of nitrogens with zero attached hydrogens (tertiary/aromatic N) is 2. The van der Waals surface area contributed by atoms with Gasteiger partial charge in [-0.25, -0.2) is 0 Å². The SMILES string of the molecule is CCN1CCN(CC(=O)N[C@H](C)CC(=O)O)CC1. The number of rotatable bonds is 6. The van der Waals surface area contributed by atoms with E-state index in [-0.39, 0.29) is 18.4 Å². The fourth-order valence-electron chi connectivity index (χ4n) is 2.10. The average Bonchev–Trinajstić information content (AvgIpc) is 2.28. The Morgan fingerprint density at radius 3 is 2.28 bits per heavy atom. The largest absolute Gasteiger partial charge is 0.481 e. The minimum Gasteiger partial charge on any atom is -0.481 e. The van der Waals surface area contributed by atoms with E-state index in [1.807, 2.05) is 0 Å². The summed E-state index contributed by atoms with van der Waals surface area (Å²) < 4.78 is 0. The van der Waals surface area contributed by atoms with Crippen LogP contribution in [0.4, 0.5) is 0 Å². The van der Waals surface area contributed by atoms with E-state index in [9.17, 15) is 9.59 Å². The normalized spacial score (nSPS) is 19.4. The second-order valence-electron chi connectivity index (χ2n) is 4.78. The van der Waals surface area contributed by atoms with Crippen molar-refractivity contribution in [3.63, 3.8) is 0 Å². The molecule has 0 aromatic heterocycles. The van der Waals surface area contributed by atoms with Crippen LogP contribution >= 0.6 is 0 Å². The third-order valence-electron chi connectivity index (χ3n) is 3.17. The van der Waals surface area contributed by atoms with Crippen molar-refractivity contribution in [3.05, 3.63) is 0 Å². The number of piperazine rings is 1. The molecule has 1 atom stereocenters. The molecule has 0 spiro atoms. The first-order valence-corrected chi connectivity index (χ1v) is 6.47. The lowest BCUT2D eigenvalue weighted by Gasteiger charge is -2.33. The van der Waals surface area contributed by atoms with Crippen LogP contribution in [0.25, 0.3) is 0 Å². The number of aliphatic carboxylic acids is 1. The van der Waals surface area contributed by atoms with Crippen LogP contribution in [-0.2, 0) is 9.59 Å². The summed E-state index contributed by atoms with van der Waals surface area (Å²) in [7, 11) is 0. The molecule has 0 bridgehead atoms. The van der Waals surface area contributed by atoms with Crippen molar-refractivity contribution in [1.82, 2.24) is 15.1 Å². The first-order valence-electron chi connectivity index (χ1n) is 6.47. The number of likely N-dealkylation sites (N-methyl/N-ethyl adjacent to an activating group) is 1. The quantitative estimate of drug-likeness (QED) is 0.677. The van der Waals surface area contributed by atoms with E-state index in [2.05, 4.69) is 22.0 Å². The van der Waals surface area contributed by atoms with Crippen molar-refractivity contribution in [2.45, 2.75) is 26.3 Å². The van der Waals surface area contributed by atoms with Gasteiger partial charge >= 0.3 is 5.97 Å². The molecule has 0 aliphatic carbocycles. The van der Waals surface area contributed by atoms with E-state index < -0.39 is 5.97 Å². The fourth-order valence-corrected chi connectivity index (χ4v) is 2.10. The van der Waals surface area contributed by atoms with Crippen molar-refractivity contribution in [3.8, 4) is 0 Å². The lowest BCUT2D eigenvalue weighted by Crippen LogP contribution is -2.50. The first-order chi connectivity index (χ1) is 8.51. The van der Waals surface area contributed by atoms with Crippen LogP contribution in [0.3, 0.4) is 0 Å². The number of carbonyl (C=O) groups is 2. The summed E-state index contributed by atoms with van der Waals surface area (Å²) >= 11 is 0. The topological polar surface area (TPSA) is 72.9 Å². The summed E-state index contributed by atoms with van der Waals surface area (Å²) in [5.74, 6) is -0.979. The fraction of sp³-hybridized carbons (Fsp3) is 0.833. The third-order valence-corrected chi connectivity index (χ3v) is 3.17. The molecule has 1 rings (SSSR count). The summed E-state index contributed by atoms with van der Waals surface area (Å²) in [6.45, 7) is 9.04. The Labute approximate surface area is 108 Å². The molecule has 1 aliphatic heterocycles. The van der Waals surface area contributed by atoms with Gasteiger partial charge in [0, 0.05) is 32.2 Å². The molecule has 1 amide bonds. The molecule has 1 saturated heterocycles. The minimum atomic E-state index is -0.889. The van der Waals surface area contributed by atoms with Gasteiger partial charge in [0.05, 0.1) is 13.0 Å². The van der Waals surface area contributed by atoms with Crippen LogP contribution in [0.5, 0.6) is 0 Å². The van der Waals surface area contributed by atoms with Gasteiger partial charge in [0.2, 0.25) is 5.91 Å². The Balaban J connectivity index is 2.22. The summed E-state index contributed by atoms with van der Waals surface area (Å²) in [5.41, 5.74) is 0. The Morgan fingerprint density at radius 1 is 1.22 bits per heavy atom. The number of amides is 1. The van der Waals surface area contributed by atoms with Gasteiger partial charge in [-0.15, -0.1) is 0 Å². The highest BCUT2D eigenvalue weighted by molar-refractivity contribution is 5.79. The van der Waals surface area contributed by atoms with Crippen molar-refractivity contribution in [1.29, 1.82) is 0 Å². The summed E-state index contributed by atoms with van der Waals surface area (Å²) in [6.07, 6.45) is -0.0324. The number of hydrogen-bond acceptors (Lipinski definition) is 4. The van der Waals surface area contributed by atoms with Crippen molar-refractivity contribution < 1.29 is 14.7 Å². The van der Waals surface area contributed by atoms with Crippen LogP contribution in [0.2, 0.25) is 0 Å². The molecule has 104 valence electrons. The summed E-state index contributed by atoms with van der Waals surface area (Å²) in [5, 5.41) is 11.3. The highest BCUT2D eigenvalue weighted by Gasteiger charge is 2.18. The highest BCUT2D eigenvalue weighted by atomic mass is 16.4. The van der Waals surface area contributed by atoms with E-state index in [0.717, 1.165) is 32.7 Å². The molecule has 0 saturated carbocycles. The highest BCUT2D eigenvalue weighted by Crippen LogP contribution is 2.00. The van der Waals surface area contributed by atoms with Gasteiger partial charge in [-0.05, 0) is 13.5 Å². The number of carboxylic acid groups (broad SMARTS) is 1. The zero-order valence-corrected chi connectivity index (χ0v) is 11.2. The predicted molar refractivity (Wildman–Crippen MR) is 68.4 cm³/mol. The summed E-state index contributed by atoms with van der Waals surface area (Å²) in [6, 6.07) is -0.313. The van der Waals surface area contributed by atoms with Crippen molar-refractivity contribution >= 4 is 11.9 Å². The Morgan fingerprint density at radius 2 is 1.78 bits per heavy atom. The Kier molecular flexibility index (Phi) is 6.07. The van der Waals surface area contributed by atoms with Gasteiger partial charge < -0.3 is 15.3 Å². The van der Waals surface area contributed by atoms with E-state index in [1.165, 1.54) is 0 Å². The summed E-state index contributed by atoms with van der Waals surface area (Å²) in [4.78, 5) is 26.6. The maximum absolute atomic E-state index is 11.7. The maximum atomic E-state index is 11.7. The van der Waals surface area contributed by atoms with Crippen molar-refractivity contribution in [2.75, 3.05) is 39.3 Å². The molecule has 0 unspecified atom stereocenters. The second kappa shape index (κ2) is 7.33. The average molecular weight is 257 g/mol. The number of carbonyl (C=O) groups excluding carboxylic acids is 1. The van der Waals surface area contributed by atoms with Gasteiger partial charge in [-0.2, -0.15) is 0 Å². The molecule has 6 nitrogen and oxygen atoms in total. The van der Waals surface area contributed by atoms with Crippen LogP contribution in [0.1, 0.15) is 20.3 Å². The van der Waals surface area contributed by atoms with Crippen molar-refractivity contribution in [2.24, 2.45) is 0 Å². The van der Waals surface area contributed by atoms with Crippen LogP contribution in [0, 0.1) is 0 Å². The van der Waals surface area contributed by atoms with E-state index >= 15 is 0 Å². The first kappa shape index (κ1) is 14.9. The zero-order valence-electron chi connectivity index (χ0n) is 11.2. The van der Waals surface area contributed by atoms with Gasteiger partial charge in [0.1, 0.15) is 0 Å². The Bertz CT molecular complexity index is 288. The smallest absolute Gasteiger partial charge is 0.305 e. The van der Waals surface area contributed by atoms with Crippen LogP contribution < -0.4 is 5.32 Å². The maximum Gasteiger partial charge on any atom is 0.305 e. The number of carboxylic acids is 1. The van der Waals surface area contributed by atoms with Gasteiger partial charge in [-0.1, -0.05) is 6.92 Å². The molecular formula is C12H23N3O3. The van der Waals surface area contributed by atoms with E-state index in [0.29, 0.717) is 6.54 Å². The molecule has 0 radical (unpaired) electrons. The standard InChI is InChI=1S/C12H23N3O3/c1-3-14-4-6-15(7-5-14)9-11(16)13-10(2)8-12(17)18/h10H,3-9H2,1-2H3,(H,13,16)(H,17,18)/t10-/m1/s1.